The number of aliphatic hydroxyl groups excluding tert-OH is 2. The molecule has 1 aromatic rings. The van der Waals surface area contributed by atoms with E-state index in [1.54, 1.807) is 12.1 Å². The van der Waals surface area contributed by atoms with Crippen LogP contribution in [-0.4, -0.2) is 41.2 Å². The summed E-state index contributed by atoms with van der Waals surface area (Å²) in [7, 11) is 0. The predicted molar refractivity (Wildman–Crippen MR) is 65.7 cm³/mol. The number of rotatable bonds is 3. The van der Waals surface area contributed by atoms with Crippen LogP contribution in [-0.2, 0) is 4.79 Å². The number of Topliss-reactive ketones (excluding diaryl/α,β-unsaturated/α-hetero) is 1. The third-order valence-corrected chi connectivity index (χ3v) is 3.26. The molecule has 1 atom stereocenters. The van der Waals surface area contributed by atoms with E-state index in [0.717, 1.165) is 11.1 Å². The van der Waals surface area contributed by atoms with Crippen molar-refractivity contribution in [2.24, 2.45) is 0 Å². The first-order valence-corrected chi connectivity index (χ1v) is 5.72. The Labute approximate surface area is 105 Å². The number of hydrogen-bond acceptors (Lipinski definition) is 4. The average molecular weight is 249 g/mol. The Morgan fingerprint density at radius 2 is 1.94 bits per heavy atom. The van der Waals surface area contributed by atoms with E-state index in [2.05, 4.69) is 0 Å². The maximum absolute atomic E-state index is 11.9. The van der Waals surface area contributed by atoms with Gasteiger partial charge in [-0.05, 0) is 31.0 Å². The zero-order chi connectivity index (χ0) is 13.4. The van der Waals surface area contributed by atoms with Crippen molar-refractivity contribution in [2.45, 2.75) is 20.0 Å². The van der Waals surface area contributed by atoms with Gasteiger partial charge in [-0.2, -0.15) is 0 Å². The number of benzene rings is 1. The lowest BCUT2D eigenvalue weighted by atomic mass is 10.0. The molecule has 18 heavy (non-hydrogen) atoms. The Bertz CT molecular complexity index is 524. The SMILES string of the molecule is Cc1ccc2c(c1C)N(CC(O)CO)C(=O)C2=O. The van der Waals surface area contributed by atoms with Gasteiger partial charge in [-0.25, -0.2) is 0 Å². The maximum Gasteiger partial charge on any atom is 0.299 e. The molecule has 0 saturated carbocycles. The van der Waals surface area contributed by atoms with Crippen molar-refractivity contribution in [3.8, 4) is 0 Å². The van der Waals surface area contributed by atoms with Crippen LogP contribution in [0.5, 0.6) is 0 Å². The number of carbonyl (C=O) groups is 2. The topological polar surface area (TPSA) is 77.8 Å². The number of fused-ring (bicyclic) bond motifs is 1. The second-order valence-corrected chi connectivity index (χ2v) is 4.48. The molecule has 1 aromatic carbocycles. The lowest BCUT2D eigenvalue weighted by molar-refractivity contribution is -0.114. The summed E-state index contributed by atoms with van der Waals surface area (Å²) in [6, 6.07) is 3.43. The number of hydrogen-bond donors (Lipinski definition) is 2. The van der Waals surface area contributed by atoms with Crippen molar-refractivity contribution in [1.29, 1.82) is 0 Å². The van der Waals surface area contributed by atoms with Crippen LogP contribution in [0.1, 0.15) is 21.5 Å². The number of amides is 1. The number of nitrogens with zero attached hydrogens (tertiary/aromatic N) is 1. The van der Waals surface area contributed by atoms with E-state index in [1.165, 1.54) is 4.90 Å². The summed E-state index contributed by atoms with van der Waals surface area (Å²) in [5.74, 6) is -1.20. The van der Waals surface area contributed by atoms with E-state index in [0.29, 0.717) is 11.3 Å². The van der Waals surface area contributed by atoms with E-state index < -0.39 is 24.4 Å². The predicted octanol–water partition coefficient (Wildman–Crippen LogP) is 0.186. The summed E-state index contributed by atoms with van der Waals surface area (Å²) < 4.78 is 0. The molecule has 1 unspecified atom stereocenters. The highest BCUT2D eigenvalue weighted by molar-refractivity contribution is 6.52. The summed E-state index contributed by atoms with van der Waals surface area (Å²) in [6.07, 6.45) is -1.05. The van der Waals surface area contributed by atoms with Crippen LogP contribution in [0.25, 0.3) is 0 Å². The Kier molecular flexibility index (Phi) is 3.19. The van der Waals surface area contributed by atoms with Crippen LogP contribution >= 0.6 is 0 Å². The minimum atomic E-state index is -1.05. The summed E-state index contributed by atoms with van der Waals surface area (Å²) in [5, 5.41) is 18.3. The van der Waals surface area contributed by atoms with Crippen molar-refractivity contribution < 1.29 is 19.8 Å². The monoisotopic (exact) mass is 249 g/mol. The Balaban J connectivity index is 2.50. The zero-order valence-electron chi connectivity index (χ0n) is 10.3. The third-order valence-electron chi connectivity index (χ3n) is 3.26. The van der Waals surface area contributed by atoms with Gasteiger partial charge in [0.15, 0.2) is 0 Å². The Morgan fingerprint density at radius 1 is 1.28 bits per heavy atom. The minimum Gasteiger partial charge on any atom is -0.394 e. The zero-order valence-corrected chi connectivity index (χ0v) is 10.3. The van der Waals surface area contributed by atoms with Crippen LogP contribution in [0.2, 0.25) is 0 Å². The van der Waals surface area contributed by atoms with E-state index in [4.69, 9.17) is 5.11 Å². The van der Waals surface area contributed by atoms with Crippen LogP contribution in [0.3, 0.4) is 0 Å². The summed E-state index contributed by atoms with van der Waals surface area (Å²) >= 11 is 0. The molecule has 5 heteroatoms. The maximum atomic E-state index is 11.9. The molecule has 0 spiro atoms. The fourth-order valence-corrected chi connectivity index (χ4v) is 2.11. The van der Waals surface area contributed by atoms with Gasteiger partial charge >= 0.3 is 0 Å². The number of anilines is 1. The molecule has 2 rings (SSSR count). The highest BCUT2D eigenvalue weighted by Crippen LogP contribution is 2.34. The van der Waals surface area contributed by atoms with Gasteiger partial charge in [-0.15, -0.1) is 0 Å². The second-order valence-electron chi connectivity index (χ2n) is 4.48. The third kappa shape index (κ3) is 1.81. The molecule has 0 aromatic heterocycles. The minimum absolute atomic E-state index is 0.0711. The smallest absolute Gasteiger partial charge is 0.299 e. The van der Waals surface area contributed by atoms with Gasteiger partial charge in [0.25, 0.3) is 11.7 Å². The molecule has 0 aliphatic carbocycles. The van der Waals surface area contributed by atoms with Gasteiger partial charge in [0.05, 0.1) is 30.5 Å². The molecular weight excluding hydrogens is 234 g/mol. The molecular formula is C13H15NO4. The van der Waals surface area contributed by atoms with Gasteiger partial charge < -0.3 is 15.1 Å². The quantitative estimate of drug-likeness (QED) is 0.749. The molecule has 1 aliphatic rings. The summed E-state index contributed by atoms with van der Waals surface area (Å²) in [4.78, 5) is 24.9. The number of ketones is 1. The molecule has 1 heterocycles. The largest absolute Gasteiger partial charge is 0.394 e. The van der Waals surface area contributed by atoms with Crippen molar-refractivity contribution >= 4 is 17.4 Å². The van der Waals surface area contributed by atoms with Crippen molar-refractivity contribution in [1.82, 2.24) is 0 Å². The standard InChI is InChI=1S/C13H15NO4/c1-7-3-4-10-11(8(7)2)14(5-9(16)6-15)13(18)12(10)17/h3-4,9,15-16H,5-6H2,1-2H3. The first kappa shape index (κ1) is 12.7. The molecule has 1 amide bonds. The van der Waals surface area contributed by atoms with Crippen molar-refractivity contribution in [3.05, 3.63) is 28.8 Å². The summed E-state index contributed by atoms with van der Waals surface area (Å²) in [6.45, 7) is 3.21. The molecule has 96 valence electrons. The normalized spacial score (nSPS) is 16.1. The highest BCUT2D eigenvalue weighted by Gasteiger charge is 2.37. The summed E-state index contributed by atoms with van der Waals surface area (Å²) in [5.41, 5.74) is 2.74. The average Bonchev–Trinajstić information content (AvgIpc) is 2.59. The van der Waals surface area contributed by atoms with Gasteiger partial charge in [0.1, 0.15) is 0 Å². The van der Waals surface area contributed by atoms with Crippen molar-refractivity contribution in [2.75, 3.05) is 18.1 Å². The van der Waals surface area contributed by atoms with Crippen LogP contribution in [0.15, 0.2) is 12.1 Å². The molecule has 1 aliphatic heterocycles. The van der Waals surface area contributed by atoms with E-state index in [1.807, 2.05) is 13.8 Å². The Morgan fingerprint density at radius 3 is 2.56 bits per heavy atom. The van der Waals surface area contributed by atoms with Gasteiger partial charge in [0.2, 0.25) is 0 Å². The molecule has 0 radical (unpaired) electrons. The number of aliphatic hydroxyl groups is 2. The molecule has 0 bridgehead atoms. The first-order valence-electron chi connectivity index (χ1n) is 5.72. The first-order chi connectivity index (χ1) is 8.47. The molecule has 5 nitrogen and oxygen atoms in total. The highest BCUT2D eigenvalue weighted by atomic mass is 16.3. The van der Waals surface area contributed by atoms with E-state index in [9.17, 15) is 14.7 Å². The second kappa shape index (κ2) is 4.51. The fourth-order valence-electron chi connectivity index (χ4n) is 2.11. The van der Waals surface area contributed by atoms with Crippen LogP contribution < -0.4 is 4.90 Å². The van der Waals surface area contributed by atoms with Crippen LogP contribution in [0.4, 0.5) is 5.69 Å². The lowest BCUT2D eigenvalue weighted by Gasteiger charge is -2.21. The van der Waals surface area contributed by atoms with Crippen molar-refractivity contribution in [3.63, 3.8) is 0 Å². The van der Waals surface area contributed by atoms with Gasteiger partial charge in [-0.3, -0.25) is 9.59 Å². The van der Waals surface area contributed by atoms with Gasteiger partial charge in [-0.1, -0.05) is 6.07 Å². The Hall–Kier alpha value is -1.72. The lowest BCUT2D eigenvalue weighted by Crippen LogP contribution is -2.38. The van der Waals surface area contributed by atoms with Crippen LogP contribution in [0, 0.1) is 13.8 Å². The van der Waals surface area contributed by atoms with E-state index >= 15 is 0 Å². The van der Waals surface area contributed by atoms with E-state index in [-0.39, 0.29) is 6.54 Å². The molecule has 0 saturated heterocycles. The molecule has 0 fully saturated rings. The van der Waals surface area contributed by atoms with Gasteiger partial charge in [0, 0.05) is 0 Å². The number of carbonyl (C=O) groups excluding carboxylic acids is 2. The molecule has 2 N–H and O–H groups in total. The fraction of sp³-hybridized carbons (Fsp3) is 0.385. The number of β-amino-alcohol motifs (C(OH)–C–C–N with tert-alkyl or cyclic N) is 1. The number of aryl methyl sites for hydroxylation is 1.